The van der Waals surface area contributed by atoms with E-state index in [1.54, 1.807) is 42.0 Å². The van der Waals surface area contributed by atoms with Gasteiger partial charge in [0.25, 0.3) is 0 Å². The Kier molecular flexibility index (Phi) is 21.9. The van der Waals surface area contributed by atoms with E-state index in [4.69, 9.17) is 5.11 Å². The Balaban J connectivity index is 0.000000263. The Morgan fingerprint density at radius 1 is 0.472 bits per heavy atom. The van der Waals surface area contributed by atoms with Crippen molar-refractivity contribution in [1.29, 1.82) is 0 Å². The Morgan fingerprint density at radius 2 is 0.717 bits per heavy atom. The van der Waals surface area contributed by atoms with Crippen molar-refractivity contribution in [3.8, 4) is 0 Å². The molecule has 0 bridgehead atoms. The van der Waals surface area contributed by atoms with E-state index < -0.39 is 5.60 Å². The Hall–Kier alpha value is -1.90. The maximum absolute atomic E-state index is 8.52. The third kappa shape index (κ3) is 17.2. The topological polar surface area (TPSA) is 20.2 Å². The molecule has 0 aliphatic heterocycles. The van der Waals surface area contributed by atoms with Crippen LogP contribution < -0.4 is 21.2 Å². The van der Waals surface area contributed by atoms with Crippen molar-refractivity contribution in [2.75, 3.05) is 0 Å². The van der Waals surface area contributed by atoms with Crippen LogP contribution in [0.4, 0.5) is 0 Å². The van der Waals surface area contributed by atoms with E-state index >= 15 is 0 Å². The molecule has 5 heteroatoms. The molecule has 286 valence electrons. The molecule has 0 saturated heterocycles. The van der Waals surface area contributed by atoms with Gasteiger partial charge in [-0.2, -0.15) is 35.9 Å². The summed E-state index contributed by atoms with van der Waals surface area (Å²) < 4.78 is 0. The van der Waals surface area contributed by atoms with Gasteiger partial charge >= 0.3 is 17.1 Å². The second-order valence-electron chi connectivity index (χ2n) is 15.7. The molecule has 0 atom stereocenters. The molecule has 2 fully saturated rings. The van der Waals surface area contributed by atoms with Crippen LogP contribution in [0.2, 0.25) is 0 Å². The van der Waals surface area contributed by atoms with E-state index in [9.17, 15) is 0 Å². The zero-order chi connectivity index (χ0) is 36.5. The Bertz CT molecular complexity index is 1430. The van der Waals surface area contributed by atoms with Crippen molar-refractivity contribution in [2.24, 2.45) is 0 Å². The molecule has 0 spiro atoms. The standard InChI is InChI=1S/2C17H19P.C10H13.C4H10O.Fe.Pd/c2*1-3-9-15(10-4-1)18(17-13-7-8-14-17)16-11-5-2-6-12-16;1-10(2,3)9-7-5-4-6-8-9;1-4(2,3)5;;/h2*1-6,9-12,17H,7-8,13-14H2;5-8H,1-3H3;5H,1-3H3;;/q;;-1;;+2;. The van der Waals surface area contributed by atoms with E-state index in [0.29, 0.717) is 0 Å². The van der Waals surface area contributed by atoms with E-state index in [0.717, 1.165) is 11.3 Å². The molecule has 7 rings (SSSR count). The summed E-state index contributed by atoms with van der Waals surface area (Å²) in [5.41, 5.74) is 2.93. The summed E-state index contributed by atoms with van der Waals surface area (Å²) in [5.74, 6) is 0. The van der Waals surface area contributed by atoms with E-state index in [1.165, 1.54) is 56.9 Å². The summed E-state index contributed by atoms with van der Waals surface area (Å²) in [4.78, 5) is 0. The molecule has 0 radical (unpaired) electrons. The minimum absolute atomic E-state index is 0. The summed E-state index contributed by atoms with van der Waals surface area (Å²) in [5, 5.41) is 14.7. The van der Waals surface area contributed by atoms with E-state index in [1.807, 2.05) is 12.1 Å². The van der Waals surface area contributed by atoms with Crippen LogP contribution in [0.3, 0.4) is 0 Å². The predicted molar refractivity (Wildman–Crippen MR) is 229 cm³/mol. The zero-order valence-corrected chi connectivity index (χ0v) is 37.1. The van der Waals surface area contributed by atoms with E-state index in [2.05, 4.69) is 160 Å². The van der Waals surface area contributed by atoms with Crippen LogP contribution in [0.25, 0.3) is 0 Å². The smallest absolute Gasteiger partial charge is 0.391 e. The van der Waals surface area contributed by atoms with Gasteiger partial charge in [0.15, 0.2) is 0 Å². The van der Waals surface area contributed by atoms with Crippen LogP contribution in [0, 0.1) is 6.07 Å². The van der Waals surface area contributed by atoms with Crippen LogP contribution in [0.15, 0.2) is 146 Å². The fourth-order valence-electron chi connectivity index (χ4n) is 6.71. The maximum atomic E-state index is 8.52. The molecule has 5 aromatic rings. The first-order chi connectivity index (χ1) is 24.5. The number of hydrogen-bond donors (Lipinski definition) is 1. The van der Waals surface area contributed by atoms with Gasteiger partial charge in [-0.1, -0.05) is 168 Å². The van der Waals surface area contributed by atoms with Crippen molar-refractivity contribution < 1.29 is 42.6 Å². The van der Waals surface area contributed by atoms with Crippen molar-refractivity contribution in [2.45, 2.75) is 115 Å². The summed E-state index contributed by atoms with van der Waals surface area (Å²) >= 11 is 0. The van der Waals surface area contributed by atoms with Crippen LogP contribution in [-0.4, -0.2) is 22.0 Å². The summed E-state index contributed by atoms with van der Waals surface area (Å²) in [6, 6.07) is 55.6. The first-order valence-corrected chi connectivity index (χ1v) is 21.8. The van der Waals surface area contributed by atoms with Crippen LogP contribution in [0.1, 0.15) is 98.5 Å². The molecule has 0 aromatic heterocycles. The molecule has 2 aliphatic rings. The molecule has 0 unspecified atom stereocenters. The van der Waals surface area contributed by atoms with Crippen molar-refractivity contribution in [3.05, 3.63) is 157 Å². The molecule has 0 amide bonds. The molecule has 2 aliphatic carbocycles. The molecule has 1 N–H and O–H groups in total. The number of hydrogen-bond acceptors (Lipinski definition) is 1. The second-order valence-corrected chi connectivity index (χ2v) is 20.7. The third-order valence-corrected chi connectivity index (χ3v) is 15.0. The van der Waals surface area contributed by atoms with Crippen molar-refractivity contribution >= 4 is 37.1 Å². The Morgan fingerprint density at radius 3 is 0.925 bits per heavy atom. The van der Waals surface area contributed by atoms with E-state index in [-0.39, 0.29) is 58.7 Å². The fourth-order valence-corrected chi connectivity index (χ4v) is 12.7. The average molecular weight is 878 g/mol. The molecular weight excluding hydrogens is 817 g/mol. The van der Waals surface area contributed by atoms with Gasteiger partial charge in [-0.15, -0.1) is 0 Å². The monoisotopic (exact) mass is 877 g/mol. The summed E-state index contributed by atoms with van der Waals surface area (Å²) in [7, 11) is -0.304. The summed E-state index contributed by atoms with van der Waals surface area (Å²) in [6.45, 7) is 11.9. The average Bonchev–Trinajstić information content (AvgIpc) is 3.87. The molecule has 1 nitrogen and oxygen atoms in total. The van der Waals surface area contributed by atoms with Crippen molar-refractivity contribution in [3.63, 3.8) is 0 Å². The molecule has 0 heterocycles. The van der Waals surface area contributed by atoms with Gasteiger partial charge < -0.3 is 5.11 Å². The third-order valence-electron chi connectivity index (χ3n) is 9.10. The molecular formula is C48H61FeOP2Pd+. The molecule has 2 saturated carbocycles. The van der Waals surface area contributed by atoms with Gasteiger partial charge in [0.05, 0.1) is 5.60 Å². The quantitative estimate of drug-likeness (QED) is 0.102. The van der Waals surface area contributed by atoms with Gasteiger partial charge in [0.1, 0.15) is 0 Å². The van der Waals surface area contributed by atoms with Crippen molar-refractivity contribution in [1.82, 2.24) is 0 Å². The minimum Gasteiger partial charge on any atom is -0.391 e. The molecule has 53 heavy (non-hydrogen) atoms. The zero-order valence-electron chi connectivity index (χ0n) is 32.7. The number of rotatable bonds is 6. The van der Waals surface area contributed by atoms with Gasteiger partial charge in [-0.3, -0.25) is 0 Å². The normalized spacial score (nSPS) is 14.4. The number of aliphatic hydroxyl groups is 1. The second kappa shape index (κ2) is 24.6. The largest absolute Gasteiger partial charge is 2.00 e. The first kappa shape index (κ1) is 47.3. The number of benzene rings is 5. The van der Waals surface area contributed by atoms with Gasteiger partial charge in [0, 0.05) is 20.4 Å². The fraction of sp³-hybridized carbons (Fsp3) is 0.375. The van der Waals surface area contributed by atoms with Gasteiger partial charge in [-0.25, -0.2) is 0 Å². The first-order valence-electron chi connectivity index (χ1n) is 19.0. The predicted octanol–water partition coefficient (Wildman–Crippen LogP) is 11.7. The maximum Gasteiger partial charge on any atom is 2.00 e. The SMILES string of the molecule is CC(C)(C)O.CC(C)(C)c1cc[c-]cc1.[Fe+2].[Pd].c1ccc(P(c2ccccc2)C2CCCC2)cc1.c1ccc(P(c2ccccc2)C2CCCC2)cc1. The van der Waals surface area contributed by atoms with Crippen LogP contribution >= 0.6 is 15.8 Å². The van der Waals surface area contributed by atoms with Gasteiger partial charge in [-0.05, 0) is 100 Å². The van der Waals surface area contributed by atoms with Crippen LogP contribution in [-0.2, 0) is 42.9 Å². The summed E-state index contributed by atoms with van der Waals surface area (Å²) in [6.07, 6.45) is 11.3. The Labute approximate surface area is 349 Å². The molecule has 5 aromatic carbocycles. The minimum atomic E-state index is -0.500. The van der Waals surface area contributed by atoms with Gasteiger partial charge in [0.2, 0.25) is 0 Å². The van der Waals surface area contributed by atoms with Crippen LogP contribution in [0.5, 0.6) is 0 Å².